The molecule has 74 valence electrons. The molecule has 0 aliphatic carbocycles. The van der Waals surface area contributed by atoms with Crippen LogP contribution in [0, 0.1) is 0 Å². The van der Waals surface area contributed by atoms with Crippen molar-refractivity contribution >= 4 is 0 Å². The molecule has 0 aromatic carbocycles. The van der Waals surface area contributed by atoms with Crippen LogP contribution in [0.2, 0.25) is 0 Å². The summed E-state index contributed by atoms with van der Waals surface area (Å²) in [6, 6.07) is 0. The highest BCUT2D eigenvalue weighted by molar-refractivity contribution is 4.87. The van der Waals surface area contributed by atoms with Crippen molar-refractivity contribution in [2.24, 2.45) is 0 Å². The van der Waals surface area contributed by atoms with Crippen LogP contribution in [0.1, 0.15) is 13.3 Å². The zero-order chi connectivity index (χ0) is 9.78. The summed E-state index contributed by atoms with van der Waals surface area (Å²) >= 11 is 0. The van der Waals surface area contributed by atoms with Crippen molar-refractivity contribution in [3.8, 4) is 0 Å². The molecule has 0 aromatic heterocycles. The third-order valence-corrected chi connectivity index (χ3v) is 1.51. The van der Waals surface area contributed by atoms with Gasteiger partial charge in [-0.15, -0.1) is 5.73 Å². The quantitative estimate of drug-likeness (QED) is 0.336. The highest BCUT2D eigenvalue weighted by Crippen LogP contribution is 1.72. The molecule has 0 atom stereocenters. The molecular formula is C11H20N2. The van der Waals surface area contributed by atoms with Gasteiger partial charge in [0.15, 0.2) is 0 Å². The maximum Gasteiger partial charge on any atom is 0.0212 e. The Morgan fingerprint density at radius 1 is 1.15 bits per heavy atom. The lowest BCUT2D eigenvalue weighted by molar-refractivity contribution is 0.727. The minimum absolute atomic E-state index is 0.843. The third-order valence-electron chi connectivity index (χ3n) is 1.51. The van der Waals surface area contributed by atoms with E-state index in [0.717, 1.165) is 26.2 Å². The molecule has 0 amide bonds. The Kier molecular flexibility index (Phi) is 10.5. The van der Waals surface area contributed by atoms with E-state index >= 15 is 0 Å². The number of hydrogen-bond acceptors (Lipinski definition) is 2. The van der Waals surface area contributed by atoms with Crippen LogP contribution in [0.5, 0.6) is 0 Å². The van der Waals surface area contributed by atoms with Crippen LogP contribution in [0.15, 0.2) is 30.5 Å². The fraction of sp³-hybridized carbons (Fsp3) is 0.545. The summed E-state index contributed by atoms with van der Waals surface area (Å²) in [5.74, 6) is 0. The minimum Gasteiger partial charge on any atom is -0.313 e. The monoisotopic (exact) mass is 180 g/mol. The van der Waals surface area contributed by atoms with Gasteiger partial charge in [-0.3, -0.25) is 0 Å². The van der Waals surface area contributed by atoms with E-state index < -0.39 is 0 Å². The first kappa shape index (κ1) is 12.2. The fourth-order valence-corrected chi connectivity index (χ4v) is 0.840. The maximum atomic E-state index is 3.48. The third kappa shape index (κ3) is 11.2. The Balaban J connectivity index is 3.07. The summed E-state index contributed by atoms with van der Waals surface area (Å²) in [7, 11) is 0. The van der Waals surface area contributed by atoms with Crippen LogP contribution in [0.4, 0.5) is 0 Å². The Morgan fingerprint density at radius 2 is 1.85 bits per heavy atom. The summed E-state index contributed by atoms with van der Waals surface area (Å²) in [6.07, 6.45) is 7.33. The van der Waals surface area contributed by atoms with E-state index in [-0.39, 0.29) is 0 Å². The van der Waals surface area contributed by atoms with Crippen molar-refractivity contribution in [2.75, 3.05) is 26.2 Å². The van der Waals surface area contributed by atoms with Crippen LogP contribution in [0.3, 0.4) is 0 Å². The average Bonchev–Trinajstić information content (AvgIpc) is 2.16. The molecule has 2 heteroatoms. The molecule has 0 saturated carbocycles. The molecule has 0 aromatic rings. The number of nitrogens with one attached hydrogen (secondary N) is 2. The van der Waals surface area contributed by atoms with Gasteiger partial charge >= 0.3 is 0 Å². The van der Waals surface area contributed by atoms with Crippen molar-refractivity contribution < 1.29 is 0 Å². The molecule has 13 heavy (non-hydrogen) atoms. The summed E-state index contributed by atoms with van der Waals surface area (Å²) < 4.78 is 0. The van der Waals surface area contributed by atoms with Gasteiger partial charge in [-0.1, -0.05) is 25.7 Å². The van der Waals surface area contributed by atoms with E-state index in [9.17, 15) is 0 Å². The van der Waals surface area contributed by atoms with Gasteiger partial charge in [0, 0.05) is 19.6 Å². The second-order valence-corrected chi connectivity index (χ2v) is 2.74. The van der Waals surface area contributed by atoms with Gasteiger partial charge in [-0.25, -0.2) is 0 Å². The molecule has 0 unspecified atom stereocenters. The van der Waals surface area contributed by atoms with Crippen molar-refractivity contribution in [3.05, 3.63) is 30.5 Å². The van der Waals surface area contributed by atoms with Gasteiger partial charge in [-0.2, -0.15) is 0 Å². The lowest BCUT2D eigenvalue weighted by atomic mass is 10.4. The Hall–Kier alpha value is -0.820. The van der Waals surface area contributed by atoms with E-state index in [4.69, 9.17) is 0 Å². The second kappa shape index (κ2) is 11.2. The van der Waals surface area contributed by atoms with Gasteiger partial charge in [0.2, 0.25) is 0 Å². The van der Waals surface area contributed by atoms with Crippen LogP contribution < -0.4 is 10.6 Å². The van der Waals surface area contributed by atoms with Gasteiger partial charge in [-0.05, 0) is 19.0 Å². The first-order valence-electron chi connectivity index (χ1n) is 4.82. The zero-order valence-corrected chi connectivity index (χ0v) is 8.47. The molecule has 0 rings (SSSR count). The Bertz CT molecular complexity index is 167. The molecule has 0 heterocycles. The van der Waals surface area contributed by atoms with Crippen molar-refractivity contribution in [1.29, 1.82) is 0 Å². The van der Waals surface area contributed by atoms with E-state index in [1.165, 1.54) is 6.42 Å². The van der Waals surface area contributed by atoms with E-state index in [1.54, 1.807) is 0 Å². The molecule has 0 bridgehead atoms. The smallest absolute Gasteiger partial charge is 0.0212 e. The van der Waals surface area contributed by atoms with Crippen LogP contribution in [-0.4, -0.2) is 26.2 Å². The Labute approximate surface area is 81.4 Å². The number of hydrogen-bond donors (Lipinski definition) is 2. The van der Waals surface area contributed by atoms with Crippen molar-refractivity contribution in [1.82, 2.24) is 10.6 Å². The van der Waals surface area contributed by atoms with Crippen LogP contribution in [0.25, 0.3) is 0 Å². The molecular weight excluding hydrogens is 160 g/mol. The highest BCUT2D eigenvalue weighted by atomic mass is 14.8. The lowest BCUT2D eigenvalue weighted by Gasteiger charge is -1.96. The molecule has 0 saturated heterocycles. The summed E-state index contributed by atoms with van der Waals surface area (Å²) in [5.41, 5.74) is 2.71. The fourth-order valence-electron chi connectivity index (χ4n) is 0.840. The van der Waals surface area contributed by atoms with Crippen molar-refractivity contribution in [2.45, 2.75) is 13.3 Å². The summed E-state index contributed by atoms with van der Waals surface area (Å²) in [5, 5.41) is 6.50. The predicted molar refractivity (Wildman–Crippen MR) is 58.9 cm³/mol. The molecule has 2 N–H and O–H groups in total. The highest BCUT2D eigenvalue weighted by Gasteiger charge is 1.79. The minimum atomic E-state index is 0.843. The molecule has 0 spiro atoms. The maximum absolute atomic E-state index is 3.48. The SMILES string of the molecule is C=C=CCNC/C=C/CNCCC. The van der Waals surface area contributed by atoms with Gasteiger partial charge in [0.25, 0.3) is 0 Å². The van der Waals surface area contributed by atoms with Gasteiger partial charge in [0.05, 0.1) is 0 Å². The van der Waals surface area contributed by atoms with E-state index in [0.29, 0.717) is 0 Å². The van der Waals surface area contributed by atoms with E-state index in [2.05, 4.69) is 42.0 Å². The Morgan fingerprint density at radius 3 is 2.46 bits per heavy atom. The zero-order valence-electron chi connectivity index (χ0n) is 8.47. The molecule has 0 fully saturated rings. The average molecular weight is 180 g/mol. The van der Waals surface area contributed by atoms with Crippen LogP contribution in [-0.2, 0) is 0 Å². The normalized spacial score (nSPS) is 10.2. The summed E-state index contributed by atoms with van der Waals surface area (Å²) in [4.78, 5) is 0. The number of rotatable bonds is 8. The lowest BCUT2D eigenvalue weighted by Crippen LogP contribution is -2.16. The second-order valence-electron chi connectivity index (χ2n) is 2.74. The van der Waals surface area contributed by atoms with Crippen LogP contribution >= 0.6 is 0 Å². The molecule has 0 aliphatic heterocycles. The largest absolute Gasteiger partial charge is 0.313 e. The standard InChI is InChI=1S/C11H20N2/c1-3-5-9-13-11-7-6-10-12-8-4-2/h5-7,12-13H,1,4,8-11H2,2H3/b7-6+. The molecule has 0 aliphatic rings. The van der Waals surface area contributed by atoms with Gasteiger partial charge < -0.3 is 10.6 Å². The first-order valence-corrected chi connectivity index (χ1v) is 4.82. The predicted octanol–water partition coefficient (Wildman–Crippen LogP) is 1.47. The topological polar surface area (TPSA) is 24.1 Å². The van der Waals surface area contributed by atoms with Gasteiger partial charge in [0.1, 0.15) is 0 Å². The van der Waals surface area contributed by atoms with Crippen molar-refractivity contribution in [3.63, 3.8) is 0 Å². The summed E-state index contributed by atoms with van der Waals surface area (Å²) in [6.45, 7) is 9.46. The first-order chi connectivity index (χ1) is 6.41. The van der Waals surface area contributed by atoms with E-state index in [1.807, 2.05) is 6.08 Å². The molecule has 0 radical (unpaired) electrons. The molecule has 2 nitrogen and oxygen atoms in total.